The number of hydrogen-bond acceptors (Lipinski definition) is 3. The molecule has 0 aromatic carbocycles. The van der Waals surface area contributed by atoms with Crippen LogP contribution in [0.2, 0.25) is 4.34 Å². The van der Waals surface area contributed by atoms with Crippen LogP contribution in [-0.4, -0.2) is 30.6 Å². The van der Waals surface area contributed by atoms with Gasteiger partial charge in [-0.15, -0.1) is 11.3 Å². The molecule has 1 saturated heterocycles. The number of thiophene rings is 1. The molecule has 108 valence electrons. The Hall–Kier alpha value is 0.380. The van der Waals surface area contributed by atoms with Gasteiger partial charge in [0.15, 0.2) is 0 Å². The maximum absolute atomic E-state index is 12.7. The molecule has 0 bridgehead atoms. The fourth-order valence-corrected chi connectivity index (χ4v) is 6.47. The van der Waals surface area contributed by atoms with Crippen molar-refractivity contribution < 1.29 is 8.42 Å². The lowest BCUT2D eigenvalue weighted by Gasteiger charge is -2.34. The highest BCUT2D eigenvalue weighted by atomic mass is 79.9. The molecule has 0 amide bonds. The number of aryl methyl sites for hydroxylation is 1. The fraction of sp³-hybridized carbons (Fsp3) is 0.667. The summed E-state index contributed by atoms with van der Waals surface area (Å²) in [6.45, 7) is 2.46. The third-order valence-electron chi connectivity index (χ3n) is 3.41. The zero-order chi connectivity index (χ0) is 14.0. The first-order valence-corrected chi connectivity index (χ1v) is 10.1. The summed E-state index contributed by atoms with van der Waals surface area (Å²) in [6.07, 6.45) is 3.85. The second-order valence-electron chi connectivity index (χ2n) is 4.77. The summed E-state index contributed by atoms with van der Waals surface area (Å²) in [5, 5.41) is 0.827. The third kappa shape index (κ3) is 3.35. The molecule has 0 radical (unpaired) electrons. The van der Waals surface area contributed by atoms with E-state index in [1.165, 1.54) is 0 Å². The maximum Gasteiger partial charge on any atom is 0.252 e. The van der Waals surface area contributed by atoms with Crippen molar-refractivity contribution in [2.45, 2.75) is 42.9 Å². The quantitative estimate of drug-likeness (QED) is 0.732. The third-order valence-corrected chi connectivity index (χ3v) is 7.83. The first kappa shape index (κ1) is 15.8. The SMILES string of the molecule is Cc1cc(S(=O)(=O)N2CCCCC2CCBr)sc1Cl. The Labute approximate surface area is 132 Å². The second kappa shape index (κ2) is 6.43. The van der Waals surface area contributed by atoms with Gasteiger partial charge in [-0.3, -0.25) is 0 Å². The van der Waals surface area contributed by atoms with Crippen molar-refractivity contribution in [2.75, 3.05) is 11.9 Å². The van der Waals surface area contributed by atoms with Crippen LogP contribution in [0.25, 0.3) is 0 Å². The Morgan fingerprint density at radius 2 is 2.26 bits per heavy atom. The van der Waals surface area contributed by atoms with Gasteiger partial charge in [-0.05, 0) is 37.8 Å². The van der Waals surface area contributed by atoms with Crippen LogP contribution in [0.3, 0.4) is 0 Å². The van der Waals surface area contributed by atoms with Crippen molar-refractivity contribution in [1.29, 1.82) is 0 Å². The van der Waals surface area contributed by atoms with Crippen LogP contribution in [0.5, 0.6) is 0 Å². The maximum atomic E-state index is 12.7. The van der Waals surface area contributed by atoms with E-state index in [1.54, 1.807) is 10.4 Å². The molecule has 0 saturated carbocycles. The van der Waals surface area contributed by atoms with Gasteiger partial charge in [0.2, 0.25) is 0 Å². The second-order valence-corrected chi connectivity index (χ2v) is 9.33. The van der Waals surface area contributed by atoms with Crippen molar-refractivity contribution in [3.05, 3.63) is 16.0 Å². The molecule has 1 fully saturated rings. The molecule has 0 N–H and O–H groups in total. The highest BCUT2D eigenvalue weighted by Gasteiger charge is 2.34. The molecule has 1 unspecified atom stereocenters. The van der Waals surface area contributed by atoms with E-state index < -0.39 is 10.0 Å². The molecule has 7 heteroatoms. The number of sulfonamides is 1. The van der Waals surface area contributed by atoms with Gasteiger partial charge in [0.1, 0.15) is 4.21 Å². The molecule has 3 nitrogen and oxygen atoms in total. The lowest BCUT2D eigenvalue weighted by atomic mass is 10.0. The minimum Gasteiger partial charge on any atom is -0.206 e. The van der Waals surface area contributed by atoms with Gasteiger partial charge in [0.05, 0.1) is 4.34 Å². The summed E-state index contributed by atoms with van der Waals surface area (Å²) < 4.78 is 28.0. The van der Waals surface area contributed by atoms with Crippen LogP contribution in [0.1, 0.15) is 31.2 Å². The predicted octanol–water partition coefficient (Wildman–Crippen LogP) is 4.04. The van der Waals surface area contributed by atoms with Crippen LogP contribution >= 0.6 is 38.9 Å². The summed E-state index contributed by atoms with van der Waals surface area (Å²) in [4.78, 5) is 0. The molecular formula is C12H17BrClNO2S2. The number of rotatable bonds is 4. The highest BCUT2D eigenvalue weighted by molar-refractivity contribution is 9.09. The number of halogens is 2. The topological polar surface area (TPSA) is 37.4 Å². The Morgan fingerprint density at radius 3 is 2.84 bits per heavy atom. The largest absolute Gasteiger partial charge is 0.252 e. The summed E-state index contributed by atoms with van der Waals surface area (Å²) in [5.41, 5.74) is 0.833. The molecule has 0 aliphatic carbocycles. The Bertz CT molecular complexity index is 522. The molecule has 2 rings (SSSR count). The van der Waals surface area contributed by atoms with Gasteiger partial charge in [0, 0.05) is 17.9 Å². The monoisotopic (exact) mass is 385 g/mol. The first-order chi connectivity index (χ1) is 8.96. The van der Waals surface area contributed by atoms with E-state index >= 15 is 0 Å². The molecule has 1 aliphatic heterocycles. The van der Waals surface area contributed by atoms with Gasteiger partial charge in [0.25, 0.3) is 10.0 Å². The van der Waals surface area contributed by atoms with Crippen LogP contribution in [0, 0.1) is 6.92 Å². The van der Waals surface area contributed by atoms with Crippen LogP contribution in [-0.2, 0) is 10.0 Å². The van der Waals surface area contributed by atoms with Crippen molar-refractivity contribution in [3.63, 3.8) is 0 Å². The minimum absolute atomic E-state index is 0.110. The molecule has 0 spiro atoms. The normalized spacial score (nSPS) is 21.7. The fourth-order valence-electron chi connectivity index (χ4n) is 2.38. The van der Waals surface area contributed by atoms with E-state index in [-0.39, 0.29) is 6.04 Å². The van der Waals surface area contributed by atoms with Crippen molar-refractivity contribution >= 4 is 48.9 Å². The van der Waals surface area contributed by atoms with Crippen LogP contribution in [0.15, 0.2) is 10.3 Å². The minimum atomic E-state index is -3.39. The average molecular weight is 387 g/mol. The first-order valence-electron chi connectivity index (χ1n) is 6.30. The molecular weight excluding hydrogens is 370 g/mol. The van der Waals surface area contributed by atoms with Crippen molar-refractivity contribution in [1.82, 2.24) is 4.31 Å². The van der Waals surface area contributed by atoms with E-state index in [0.29, 0.717) is 15.1 Å². The zero-order valence-electron chi connectivity index (χ0n) is 10.7. The van der Waals surface area contributed by atoms with E-state index in [1.807, 2.05) is 6.92 Å². The predicted molar refractivity (Wildman–Crippen MR) is 84.0 cm³/mol. The van der Waals surface area contributed by atoms with Gasteiger partial charge in [-0.25, -0.2) is 8.42 Å². The van der Waals surface area contributed by atoms with Crippen molar-refractivity contribution in [3.8, 4) is 0 Å². The van der Waals surface area contributed by atoms with Gasteiger partial charge < -0.3 is 0 Å². The molecule has 1 atom stereocenters. The number of alkyl halides is 1. The zero-order valence-corrected chi connectivity index (χ0v) is 14.7. The van der Waals surface area contributed by atoms with Gasteiger partial charge in [-0.1, -0.05) is 34.0 Å². The average Bonchev–Trinajstić information content (AvgIpc) is 2.71. The smallest absolute Gasteiger partial charge is 0.206 e. The summed E-state index contributed by atoms with van der Waals surface area (Å²) in [6, 6.07) is 1.79. The summed E-state index contributed by atoms with van der Waals surface area (Å²) in [5.74, 6) is 0. The lowest BCUT2D eigenvalue weighted by molar-refractivity contribution is 0.248. The lowest BCUT2D eigenvalue weighted by Crippen LogP contribution is -2.43. The van der Waals surface area contributed by atoms with Crippen LogP contribution < -0.4 is 0 Å². The summed E-state index contributed by atoms with van der Waals surface area (Å²) in [7, 11) is -3.39. The van der Waals surface area contributed by atoms with E-state index in [9.17, 15) is 8.42 Å². The Morgan fingerprint density at radius 1 is 1.53 bits per heavy atom. The van der Waals surface area contributed by atoms with Crippen LogP contribution in [0.4, 0.5) is 0 Å². The Kier molecular flexibility index (Phi) is 5.34. The number of hydrogen-bond donors (Lipinski definition) is 0. The van der Waals surface area contributed by atoms with E-state index in [0.717, 1.165) is 47.9 Å². The molecule has 1 aliphatic rings. The molecule has 2 heterocycles. The van der Waals surface area contributed by atoms with Gasteiger partial charge in [-0.2, -0.15) is 4.31 Å². The number of nitrogens with zero attached hydrogens (tertiary/aromatic N) is 1. The number of piperidine rings is 1. The standard InChI is InChI=1S/C12H17BrClNO2S2/c1-9-8-11(18-12(9)14)19(16,17)15-7-3-2-4-10(15)5-6-13/h8,10H,2-7H2,1H3. The molecule has 1 aromatic rings. The van der Waals surface area contributed by atoms with E-state index in [4.69, 9.17) is 11.6 Å². The molecule has 1 aromatic heterocycles. The highest BCUT2D eigenvalue weighted by Crippen LogP contribution is 2.34. The Balaban J connectivity index is 2.31. The van der Waals surface area contributed by atoms with Gasteiger partial charge >= 0.3 is 0 Å². The van der Waals surface area contributed by atoms with Crippen molar-refractivity contribution in [2.24, 2.45) is 0 Å². The molecule has 19 heavy (non-hydrogen) atoms. The van der Waals surface area contributed by atoms with E-state index in [2.05, 4.69) is 15.9 Å². The summed E-state index contributed by atoms with van der Waals surface area (Å²) >= 11 is 10.6.